The Labute approximate surface area is 319 Å². The van der Waals surface area contributed by atoms with Crippen molar-refractivity contribution >= 4 is 62.7 Å². The van der Waals surface area contributed by atoms with Gasteiger partial charge in [-0.15, -0.1) is 0 Å². The zero-order valence-electron chi connectivity index (χ0n) is 32.1. The molecular formula is C42H48N6O7. The quantitative estimate of drug-likeness (QED) is 0.103. The number of nitrogens with zero attached hydrogens (tertiary/aromatic N) is 2. The van der Waals surface area contributed by atoms with Gasteiger partial charge in [-0.05, 0) is 98.2 Å². The van der Waals surface area contributed by atoms with Crippen molar-refractivity contribution in [3.05, 3.63) is 93.6 Å². The molecule has 5 heterocycles. The van der Waals surface area contributed by atoms with Crippen LogP contribution in [0.3, 0.4) is 0 Å². The van der Waals surface area contributed by atoms with E-state index in [1.165, 1.54) is 14.2 Å². The molecule has 8 bridgehead atoms. The first-order valence-electron chi connectivity index (χ1n) is 18.2. The summed E-state index contributed by atoms with van der Waals surface area (Å²) < 4.78 is 10.7. The van der Waals surface area contributed by atoms with Crippen molar-refractivity contribution in [2.45, 2.75) is 65.1 Å². The van der Waals surface area contributed by atoms with Crippen molar-refractivity contribution in [2.24, 2.45) is 11.7 Å². The van der Waals surface area contributed by atoms with Gasteiger partial charge in [-0.2, -0.15) is 0 Å². The molecule has 3 aliphatic rings. The topological polar surface area (TPSA) is 206 Å². The van der Waals surface area contributed by atoms with Crippen LogP contribution in [-0.2, 0) is 35.7 Å². The zero-order valence-corrected chi connectivity index (χ0v) is 32.1. The van der Waals surface area contributed by atoms with E-state index in [0.717, 1.165) is 50.0 Å². The fraction of sp³-hybridized carbons (Fsp3) is 0.357. The summed E-state index contributed by atoms with van der Waals surface area (Å²) in [6.07, 6.45) is 4.72. The van der Waals surface area contributed by atoms with Gasteiger partial charge in [0.25, 0.3) is 0 Å². The summed E-state index contributed by atoms with van der Waals surface area (Å²) in [5.74, 6) is -2.63. The Hall–Kier alpha value is -5.63. The normalized spacial score (nSPS) is 18.3. The summed E-state index contributed by atoms with van der Waals surface area (Å²) in [6, 6.07) is 7.70. The van der Waals surface area contributed by atoms with E-state index in [9.17, 15) is 24.6 Å². The van der Waals surface area contributed by atoms with Crippen molar-refractivity contribution in [1.82, 2.24) is 25.3 Å². The van der Waals surface area contributed by atoms with Crippen LogP contribution in [0.4, 0.5) is 0 Å². The lowest BCUT2D eigenvalue weighted by atomic mass is 9.64. The molecule has 1 amide bonds. The molecule has 13 heteroatoms. The molecule has 6 rings (SSSR count). The molecule has 7 N–H and O–H groups in total. The minimum atomic E-state index is -1.38. The number of aliphatic carboxylic acids is 1. The maximum Gasteiger partial charge on any atom is 0.314 e. The van der Waals surface area contributed by atoms with Gasteiger partial charge in [-0.3, -0.25) is 19.4 Å². The predicted octanol–water partition coefficient (Wildman–Crippen LogP) is 5.41. The summed E-state index contributed by atoms with van der Waals surface area (Å²) in [5, 5.41) is 23.5. The fourth-order valence-corrected chi connectivity index (χ4v) is 7.99. The summed E-state index contributed by atoms with van der Waals surface area (Å²) in [4.78, 5) is 55.7. The first kappa shape index (κ1) is 39.1. The number of aromatic amines is 2. The van der Waals surface area contributed by atoms with Gasteiger partial charge >= 0.3 is 11.9 Å². The summed E-state index contributed by atoms with van der Waals surface area (Å²) in [6.45, 7) is 12.6. The molecule has 0 spiro atoms. The number of fused-ring (bicyclic) bond motifs is 11. The number of nitrogens with two attached hydrogens (primary N) is 1. The number of ether oxygens (including phenoxy) is 2. The van der Waals surface area contributed by atoms with Crippen LogP contribution in [0.2, 0.25) is 0 Å². The van der Waals surface area contributed by atoms with E-state index < -0.39 is 29.6 Å². The van der Waals surface area contributed by atoms with Crippen LogP contribution in [0.1, 0.15) is 78.1 Å². The first-order chi connectivity index (χ1) is 26.3. The minimum Gasteiger partial charge on any atom is -0.481 e. The molecule has 0 radical (unpaired) electrons. The second-order valence-corrected chi connectivity index (χ2v) is 14.2. The molecule has 0 saturated carbocycles. The minimum absolute atomic E-state index is 0.107. The summed E-state index contributed by atoms with van der Waals surface area (Å²) in [5.41, 5.74) is 16.1. The highest BCUT2D eigenvalue weighted by atomic mass is 16.6. The number of esters is 1. The van der Waals surface area contributed by atoms with Gasteiger partial charge in [0.05, 0.1) is 41.2 Å². The third-order valence-electron chi connectivity index (χ3n) is 11.1. The molecule has 0 saturated heterocycles. The van der Waals surface area contributed by atoms with Crippen LogP contribution in [0.25, 0.3) is 44.9 Å². The number of carboxylic acids is 1. The fourth-order valence-electron chi connectivity index (χ4n) is 7.99. The Balaban J connectivity index is 1.72. The lowest BCUT2D eigenvalue weighted by Gasteiger charge is -2.38. The van der Waals surface area contributed by atoms with Gasteiger partial charge in [0.15, 0.2) is 6.29 Å². The van der Waals surface area contributed by atoms with Gasteiger partial charge in [-0.1, -0.05) is 24.8 Å². The van der Waals surface area contributed by atoms with Crippen molar-refractivity contribution < 1.29 is 34.1 Å². The Morgan fingerprint density at radius 3 is 2.33 bits per heavy atom. The number of carbonyl (C=O) groups excluding carboxylic acids is 2. The maximum atomic E-state index is 13.7. The number of amides is 1. The van der Waals surface area contributed by atoms with Crippen LogP contribution < -0.4 is 11.1 Å². The number of rotatable bonds is 12. The van der Waals surface area contributed by atoms with E-state index in [0.29, 0.717) is 58.9 Å². The van der Waals surface area contributed by atoms with E-state index in [-0.39, 0.29) is 25.2 Å². The number of carbonyl (C=O) groups is 3. The monoisotopic (exact) mass is 748 g/mol. The van der Waals surface area contributed by atoms with Crippen LogP contribution in [0, 0.1) is 19.8 Å². The Bertz CT molecular complexity index is 2360. The van der Waals surface area contributed by atoms with Crippen molar-refractivity contribution in [1.29, 1.82) is 0 Å². The second-order valence-electron chi connectivity index (χ2n) is 14.2. The molecule has 3 unspecified atom stereocenters. The number of aryl methyl sites for hydroxylation is 3. The van der Waals surface area contributed by atoms with Crippen molar-refractivity contribution in [2.75, 3.05) is 27.3 Å². The van der Waals surface area contributed by atoms with Gasteiger partial charge in [0.2, 0.25) is 5.91 Å². The zero-order chi connectivity index (χ0) is 39.8. The molecule has 2 aliphatic heterocycles. The molecule has 1 aliphatic carbocycles. The number of hydrogen-bond acceptors (Lipinski definition) is 9. The van der Waals surface area contributed by atoms with Gasteiger partial charge in [0.1, 0.15) is 0 Å². The molecule has 288 valence electrons. The highest BCUT2D eigenvalue weighted by Crippen LogP contribution is 2.53. The number of methoxy groups -OCH3 is 2. The van der Waals surface area contributed by atoms with E-state index >= 15 is 0 Å². The third-order valence-corrected chi connectivity index (χ3v) is 11.1. The lowest BCUT2D eigenvalue weighted by molar-refractivity contribution is -0.148. The van der Waals surface area contributed by atoms with Crippen LogP contribution in [0.5, 0.6) is 0 Å². The Morgan fingerprint density at radius 1 is 0.964 bits per heavy atom. The number of allylic oxidation sites excluding steroid dienone is 5. The molecule has 13 nitrogen and oxygen atoms in total. The average molecular weight is 749 g/mol. The summed E-state index contributed by atoms with van der Waals surface area (Å²) in [7, 11) is 2.67. The number of H-pyrrole nitrogens is 2. The van der Waals surface area contributed by atoms with Gasteiger partial charge in [0, 0.05) is 66.2 Å². The van der Waals surface area contributed by atoms with Gasteiger partial charge < -0.3 is 40.7 Å². The second kappa shape index (κ2) is 15.6. The number of aliphatic hydroxyl groups excluding tert-OH is 1. The predicted molar refractivity (Wildman–Crippen MR) is 212 cm³/mol. The van der Waals surface area contributed by atoms with Crippen molar-refractivity contribution in [3.8, 4) is 0 Å². The average Bonchev–Trinajstić information content (AvgIpc) is 3.82. The number of carboxylic acid groups (broad SMARTS) is 1. The number of nitrogens with one attached hydrogen (secondary N) is 3. The van der Waals surface area contributed by atoms with Gasteiger partial charge in [-0.25, -0.2) is 4.98 Å². The molecule has 0 fully saturated rings. The first-order valence-corrected chi connectivity index (χ1v) is 18.2. The van der Waals surface area contributed by atoms with E-state index in [2.05, 4.69) is 21.9 Å². The Morgan fingerprint density at radius 2 is 1.65 bits per heavy atom. The van der Waals surface area contributed by atoms with E-state index in [4.69, 9.17) is 25.2 Å². The smallest absolute Gasteiger partial charge is 0.314 e. The standard InChI is InChI=1S/C42H48N6O7/c1-8-24-21(2)30-18-35-28-12-9-27(40(52)54-6)39(41(53)55-7)42(28,5)36(48-35)20-31-23(4)26(11-14-38(50)51)34(47-31)19-33-25(10-13-37(49)44-16-15-43)22(3)29(46-33)17-32(24)45-30/h8-9,12,17-20,39-40,45,47,52H,1,10-11,13-16,43H2,2-7H3,(H,44,49)(H,50,51). The largest absolute Gasteiger partial charge is 0.481 e. The lowest BCUT2D eigenvalue weighted by Crippen LogP contribution is -2.43. The number of aliphatic hydroxyl groups is 1. The summed E-state index contributed by atoms with van der Waals surface area (Å²) >= 11 is 0. The SMILES string of the molecule is C=Cc1c(C)c2cc3nc(cc4[nH]c(cc5nc(cc1[nH]2)C(C)=C5CCC(=O)NCCN)c(CCC(=O)O)c4C)C1(C)C3=CC=C(C(O)OC)C1C(=O)OC. The highest BCUT2D eigenvalue weighted by Gasteiger charge is 2.53. The molecule has 0 aromatic carbocycles. The third kappa shape index (κ3) is 7.06. The van der Waals surface area contributed by atoms with Crippen LogP contribution in [-0.4, -0.2) is 81.6 Å². The molecule has 3 aromatic rings. The molecular weight excluding hydrogens is 700 g/mol. The Kier molecular flexibility index (Phi) is 11.1. The van der Waals surface area contributed by atoms with Crippen molar-refractivity contribution in [3.63, 3.8) is 0 Å². The van der Waals surface area contributed by atoms with Crippen LogP contribution >= 0.6 is 0 Å². The molecule has 55 heavy (non-hydrogen) atoms. The van der Waals surface area contributed by atoms with E-state index in [1.807, 2.05) is 58.0 Å². The highest BCUT2D eigenvalue weighted by molar-refractivity contribution is 5.95. The molecule has 3 atom stereocenters. The maximum absolute atomic E-state index is 13.7. The number of hydrogen-bond donors (Lipinski definition) is 6. The van der Waals surface area contributed by atoms with E-state index in [1.54, 1.807) is 12.2 Å². The molecule has 3 aromatic heterocycles. The number of aromatic nitrogens is 4. The van der Waals surface area contributed by atoms with Crippen LogP contribution in [0.15, 0.2) is 48.6 Å².